The minimum atomic E-state index is -3.70. The molecule has 0 aliphatic carbocycles. The SMILES string of the molecule is Cc1c(-c2cnn(-c3ccc(S(N)(=O)=O)cc3)c2)ccc(Cl)c1Br. The predicted molar refractivity (Wildman–Crippen MR) is 97.8 cm³/mol. The second-order valence-electron chi connectivity index (χ2n) is 5.25. The summed E-state index contributed by atoms with van der Waals surface area (Å²) in [6, 6.07) is 9.98. The van der Waals surface area contributed by atoms with Gasteiger partial charge in [-0.25, -0.2) is 18.2 Å². The lowest BCUT2D eigenvalue weighted by atomic mass is 10.0. The van der Waals surface area contributed by atoms with E-state index in [1.807, 2.05) is 25.3 Å². The molecule has 0 aliphatic rings. The first kappa shape index (κ1) is 17.2. The van der Waals surface area contributed by atoms with Crippen LogP contribution in [0.15, 0.2) is 58.2 Å². The summed E-state index contributed by atoms with van der Waals surface area (Å²) in [6.07, 6.45) is 3.62. The van der Waals surface area contributed by atoms with Crippen LogP contribution in [0.1, 0.15) is 5.56 Å². The molecule has 0 saturated carbocycles. The molecule has 1 heterocycles. The molecule has 5 nitrogen and oxygen atoms in total. The zero-order chi connectivity index (χ0) is 17.5. The average Bonchev–Trinajstić information content (AvgIpc) is 3.02. The van der Waals surface area contributed by atoms with E-state index in [-0.39, 0.29) is 4.90 Å². The van der Waals surface area contributed by atoms with Crippen LogP contribution in [0.5, 0.6) is 0 Å². The number of rotatable bonds is 3. The maximum absolute atomic E-state index is 11.3. The Morgan fingerprint density at radius 2 is 1.83 bits per heavy atom. The van der Waals surface area contributed by atoms with Gasteiger partial charge in [0, 0.05) is 16.2 Å². The van der Waals surface area contributed by atoms with Crippen molar-refractivity contribution in [3.63, 3.8) is 0 Å². The van der Waals surface area contributed by atoms with Gasteiger partial charge in [0.1, 0.15) is 0 Å². The van der Waals surface area contributed by atoms with Gasteiger partial charge < -0.3 is 0 Å². The summed E-state index contributed by atoms with van der Waals surface area (Å²) in [5.74, 6) is 0. The molecule has 8 heteroatoms. The van der Waals surface area contributed by atoms with Crippen LogP contribution in [0.2, 0.25) is 5.02 Å². The van der Waals surface area contributed by atoms with Crippen LogP contribution in [-0.2, 0) is 10.0 Å². The lowest BCUT2D eigenvalue weighted by Gasteiger charge is -2.07. The van der Waals surface area contributed by atoms with E-state index >= 15 is 0 Å². The van der Waals surface area contributed by atoms with Crippen molar-refractivity contribution < 1.29 is 8.42 Å². The zero-order valence-electron chi connectivity index (χ0n) is 12.6. The Balaban J connectivity index is 1.98. The number of nitrogens with two attached hydrogens (primary N) is 1. The van der Waals surface area contributed by atoms with Crippen molar-refractivity contribution in [1.82, 2.24) is 9.78 Å². The summed E-state index contributed by atoms with van der Waals surface area (Å²) in [4.78, 5) is 0.0658. The first-order chi connectivity index (χ1) is 11.3. The van der Waals surface area contributed by atoms with Gasteiger partial charge in [-0.05, 0) is 64.3 Å². The van der Waals surface area contributed by atoms with Crippen LogP contribution in [0.3, 0.4) is 0 Å². The highest BCUT2D eigenvalue weighted by Gasteiger charge is 2.11. The van der Waals surface area contributed by atoms with Crippen molar-refractivity contribution in [3.8, 4) is 16.8 Å². The van der Waals surface area contributed by atoms with Gasteiger partial charge in [0.05, 0.1) is 21.8 Å². The van der Waals surface area contributed by atoms with Crippen LogP contribution in [0.4, 0.5) is 0 Å². The molecule has 0 saturated heterocycles. The van der Waals surface area contributed by atoms with Crippen molar-refractivity contribution >= 4 is 37.6 Å². The third-order valence-corrected chi connectivity index (χ3v) is 6.16. The van der Waals surface area contributed by atoms with Gasteiger partial charge in [-0.3, -0.25) is 0 Å². The highest BCUT2D eigenvalue weighted by atomic mass is 79.9. The molecule has 0 unspecified atom stereocenters. The van der Waals surface area contributed by atoms with Crippen LogP contribution in [-0.4, -0.2) is 18.2 Å². The number of nitrogens with zero attached hydrogens (tertiary/aromatic N) is 2. The Morgan fingerprint density at radius 1 is 1.17 bits per heavy atom. The van der Waals surface area contributed by atoms with E-state index < -0.39 is 10.0 Å². The van der Waals surface area contributed by atoms with Crippen molar-refractivity contribution in [2.75, 3.05) is 0 Å². The highest BCUT2D eigenvalue weighted by molar-refractivity contribution is 9.10. The largest absolute Gasteiger partial charge is 0.240 e. The standard InChI is InChI=1S/C16H13BrClN3O2S/c1-10-14(6-7-15(18)16(10)17)11-8-20-21(9-11)12-2-4-13(5-3-12)24(19,22)23/h2-9H,1H3,(H2,19,22,23). The molecule has 0 bridgehead atoms. The molecule has 0 amide bonds. The van der Waals surface area contributed by atoms with Crippen LogP contribution < -0.4 is 5.14 Å². The van der Waals surface area contributed by atoms with E-state index in [2.05, 4.69) is 21.0 Å². The Bertz CT molecular complexity index is 1010. The molecule has 3 rings (SSSR count). The molecular weight excluding hydrogens is 414 g/mol. The minimum Gasteiger partial charge on any atom is -0.240 e. The van der Waals surface area contributed by atoms with Gasteiger partial charge >= 0.3 is 0 Å². The summed E-state index contributed by atoms with van der Waals surface area (Å²) in [7, 11) is -3.70. The lowest BCUT2D eigenvalue weighted by Crippen LogP contribution is -2.12. The van der Waals surface area contributed by atoms with Gasteiger partial charge in [-0.2, -0.15) is 5.10 Å². The molecule has 0 atom stereocenters. The number of hydrogen-bond acceptors (Lipinski definition) is 3. The smallest absolute Gasteiger partial charge is 0.238 e. The van der Waals surface area contributed by atoms with Gasteiger partial charge in [0.2, 0.25) is 10.0 Å². The number of benzene rings is 2. The molecule has 2 aromatic carbocycles. The van der Waals surface area contributed by atoms with Gasteiger partial charge in [0.15, 0.2) is 0 Å². The number of hydrogen-bond donors (Lipinski definition) is 1. The van der Waals surface area contributed by atoms with Crippen molar-refractivity contribution in [2.45, 2.75) is 11.8 Å². The Morgan fingerprint density at radius 3 is 2.46 bits per heavy atom. The molecule has 2 N–H and O–H groups in total. The molecule has 24 heavy (non-hydrogen) atoms. The fourth-order valence-electron chi connectivity index (χ4n) is 2.36. The zero-order valence-corrected chi connectivity index (χ0v) is 15.7. The third kappa shape index (κ3) is 3.25. The topological polar surface area (TPSA) is 78.0 Å². The van der Waals surface area contributed by atoms with E-state index in [4.69, 9.17) is 16.7 Å². The van der Waals surface area contributed by atoms with E-state index in [0.29, 0.717) is 5.02 Å². The fourth-order valence-corrected chi connectivity index (χ4v) is 3.42. The molecule has 0 fully saturated rings. The van der Waals surface area contributed by atoms with Crippen LogP contribution in [0, 0.1) is 6.92 Å². The maximum Gasteiger partial charge on any atom is 0.238 e. The Hall–Kier alpha value is -1.67. The van der Waals surface area contributed by atoms with Crippen LogP contribution in [0.25, 0.3) is 16.8 Å². The molecular formula is C16H13BrClN3O2S. The summed E-state index contributed by atoms with van der Waals surface area (Å²) >= 11 is 9.58. The van der Waals surface area contributed by atoms with Crippen LogP contribution >= 0.6 is 27.5 Å². The third-order valence-electron chi connectivity index (χ3n) is 3.66. The lowest BCUT2D eigenvalue weighted by molar-refractivity contribution is 0.598. The van der Waals surface area contributed by atoms with Gasteiger partial charge in [0.25, 0.3) is 0 Å². The summed E-state index contributed by atoms with van der Waals surface area (Å²) in [5.41, 5.74) is 3.70. The van der Waals surface area contributed by atoms with E-state index in [9.17, 15) is 8.42 Å². The molecule has 0 radical (unpaired) electrons. The second-order valence-corrected chi connectivity index (χ2v) is 8.01. The van der Waals surface area contributed by atoms with E-state index in [1.54, 1.807) is 23.0 Å². The molecule has 124 valence electrons. The summed E-state index contributed by atoms with van der Waals surface area (Å²) in [5, 5.41) is 10.1. The molecule has 0 spiro atoms. The first-order valence-electron chi connectivity index (χ1n) is 6.90. The predicted octanol–water partition coefficient (Wildman–Crippen LogP) is 3.91. The normalized spacial score (nSPS) is 11.7. The fraction of sp³-hybridized carbons (Fsp3) is 0.0625. The summed E-state index contributed by atoms with van der Waals surface area (Å²) < 4.78 is 25.1. The first-order valence-corrected chi connectivity index (χ1v) is 9.62. The molecule has 0 aliphatic heterocycles. The monoisotopic (exact) mass is 425 g/mol. The Kier molecular flexibility index (Phi) is 4.52. The van der Waals surface area contributed by atoms with Crippen molar-refractivity contribution in [1.29, 1.82) is 0 Å². The number of halogens is 2. The van der Waals surface area contributed by atoms with E-state index in [0.717, 1.165) is 26.9 Å². The number of primary sulfonamides is 1. The molecule has 1 aromatic heterocycles. The van der Waals surface area contributed by atoms with Gasteiger partial charge in [-0.1, -0.05) is 17.7 Å². The van der Waals surface area contributed by atoms with Crippen molar-refractivity contribution in [2.24, 2.45) is 5.14 Å². The van der Waals surface area contributed by atoms with E-state index in [1.165, 1.54) is 12.1 Å². The molecule has 3 aromatic rings. The highest BCUT2D eigenvalue weighted by Crippen LogP contribution is 2.33. The summed E-state index contributed by atoms with van der Waals surface area (Å²) in [6.45, 7) is 1.98. The number of sulfonamides is 1. The average molecular weight is 427 g/mol. The quantitative estimate of drug-likeness (QED) is 0.689. The minimum absolute atomic E-state index is 0.0658. The Labute approximate surface area is 153 Å². The second kappa shape index (κ2) is 6.33. The van der Waals surface area contributed by atoms with Gasteiger partial charge in [-0.15, -0.1) is 0 Å². The number of aromatic nitrogens is 2. The van der Waals surface area contributed by atoms with Crippen molar-refractivity contribution in [3.05, 3.63) is 63.9 Å². The maximum atomic E-state index is 11.3.